The highest BCUT2D eigenvalue weighted by atomic mass is 16.6. The summed E-state index contributed by atoms with van der Waals surface area (Å²) in [4.78, 5) is 38.1. The van der Waals surface area contributed by atoms with Crippen LogP contribution in [0.25, 0.3) is 0 Å². The molecule has 0 aromatic heterocycles. The molecular formula is C60H104O6. The number of carbonyl (C=O) groups excluding carboxylic acids is 3. The van der Waals surface area contributed by atoms with E-state index in [0.717, 1.165) is 83.5 Å². The highest BCUT2D eigenvalue weighted by Crippen LogP contribution is 2.16. The summed E-state index contributed by atoms with van der Waals surface area (Å²) in [5, 5.41) is 0. The van der Waals surface area contributed by atoms with Crippen molar-refractivity contribution < 1.29 is 28.6 Å². The number of ether oxygens (including phenoxy) is 3. The molecule has 0 amide bonds. The smallest absolute Gasteiger partial charge is 0.306 e. The lowest BCUT2D eigenvalue weighted by molar-refractivity contribution is -0.167. The van der Waals surface area contributed by atoms with E-state index in [1.54, 1.807) is 0 Å². The molecule has 0 aliphatic carbocycles. The first-order valence-electron chi connectivity index (χ1n) is 27.9. The van der Waals surface area contributed by atoms with Crippen molar-refractivity contribution in [2.75, 3.05) is 13.2 Å². The second kappa shape index (κ2) is 54.5. The summed E-state index contributed by atoms with van der Waals surface area (Å²) < 4.78 is 16.8. The van der Waals surface area contributed by atoms with Crippen LogP contribution in [0.15, 0.2) is 72.9 Å². The minimum atomic E-state index is -0.806. The Morgan fingerprint density at radius 1 is 0.318 bits per heavy atom. The minimum absolute atomic E-state index is 0.0984. The Kier molecular flexibility index (Phi) is 51.9. The molecule has 6 nitrogen and oxygen atoms in total. The van der Waals surface area contributed by atoms with Crippen molar-refractivity contribution >= 4 is 17.9 Å². The normalized spacial score (nSPS) is 12.6. The van der Waals surface area contributed by atoms with Crippen molar-refractivity contribution in [1.29, 1.82) is 0 Å². The Morgan fingerprint density at radius 3 is 1.00 bits per heavy atom. The standard InChI is InChI=1S/C60H104O6/c1-4-7-10-13-16-19-22-25-27-29-31-32-35-38-41-44-47-50-53-59(62)65-56-57(55-64-58(61)52-49-46-43-40-37-34-24-21-18-15-12-9-6-3)66-60(63)54-51-48-45-42-39-36-33-30-28-26-23-20-17-14-11-8-5-2/h8,11,17,20-21,24,26,28,33,36,42,45,57H,4-7,9-10,12-16,18-19,22-23,25,27,29-32,34-35,37-41,43-44,46-56H2,1-3H3/b11-8-,20-17-,24-21-,28-26-,36-33-,45-42-/t57-/m1/s1. The summed E-state index contributed by atoms with van der Waals surface area (Å²) >= 11 is 0. The van der Waals surface area contributed by atoms with E-state index in [4.69, 9.17) is 14.2 Å². The van der Waals surface area contributed by atoms with E-state index < -0.39 is 6.10 Å². The molecule has 0 bridgehead atoms. The molecule has 0 heterocycles. The largest absolute Gasteiger partial charge is 0.462 e. The SMILES string of the molecule is CC/C=C\C/C=C\C/C=C\C/C=C\C/C=C\CCCC(=O)O[C@H](COC(=O)CCCCCCC/C=C\CCCCCC)COC(=O)CCCCCCCCCCCCCCCCCCCC. The number of rotatable bonds is 50. The van der Waals surface area contributed by atoms with Crippen LogP contribution >= 0.6 is 0 Å². The second-order valence-electron chi connectivity index (χ2n) is 18.5. The summed E-state index contributed by atoms with van der Waals surface area (Å²) in [5.74, 6) is -0.959. The van der Waals surface area contributed by atoms with Gasteiger partial charge in [-0.3, -0.25) is 14.4 Å². The van der Waals surface area contributed by atoms with Gasteiger partial charge >= 0.3 is 17.9 Å². The van der Waals surface area contributed by atoms with E-state index in [2.05, 4.69) is 93.7 Å². The highest BCUT2D eigenvalue weighted by molar-refractivity contribution is 5.71. The van der Waals surface area contributed by atoms with E-state index in [1.165, 1.54) is 141 Å². The molecule has 6 heteroatoms. The zero-order chi connectivity index (χ0) is 47.9. The van der Waals surface area contributed by atoms with Gasteiger partial charge in [-0.2, -0.15) is 0 Å². The van der Waals surface area contributed by atoms with Crippen molar-refractivity contribution in [3.05, 3.63) is 72.9 Å². The van der Waals surface area contributed by atoms with Gasteiger partial charge in [-0.15, -0.1) is 0 Å². The van der Waals surface area contributed by atoms with E-state index in [9.17, 15) is 14.4 Å². The Balaban J connectivity index is 4.44. The highest BCUT2D eigenvalue weighted by Gasteiger charge is 2.19. The number of hydrogen-bond donors (Lipinski definition) is 0. The Morgan fingerprint density at radius 2 is 0.606 bits per heavy atom. The molecule has 0 saturated heterocycles. The molecule has 0 unspecified atom stereocenters. The predicted octanol–water partition coefficient (Wildman–Crippen LogP) is 18.6. The Hall–Kier alpha value is -3.15. The molecule has 0 aliphatic heterocycles. The van der Waals surface area contributed by atoms with E-state index >= 15 is 0 Å². The molecule has 0 radical (unpaired) electrons. The fraction of sp³-hybridized carbons (Fsp3) is 0.750. The first kappa shape index (κ1) is 62.8. The maximum absolute atomic E-state index is 12.8. The van der Waals surface area contributed by atoms with Crippen LogP contribution < -0.4 is 0 Å². The van der Waals surface area contributed by atoms with Crippen LogP contribution in [0, 0.1) is 0 Å². The molecular weight excluding hydrogens is 817 g/mol. The fourth-order valence-electron chi connectivity index (χ4n) is 7.77. The fourth-order valence-corrected chi connectivity index (χ4v) is 7.77. The monoisotopic (exact) mass is 921 g/mol. The summed E-state index contributed by atoms with van der Waals surface area (Å²) in [6, 6.07) is 0. The third-order valence-corrected chi connectivity index (χ3v) is 11.9. The summed E-state index contributed by atoms with van der Waals surface area (Å²) in [6.45, 7) is 6.48. The van der Waals surface area contributed by atoms with Gasteiger partial charge in [-0.1, -0.05) is 241 Å². The predicted molar refractivity (Wildman–Crippen MR) is 284 cm³/mol. The van der Waals surface area contributed by atoms with Crippen LogP contribution in [0.3, 0.4) is 0 Å². The first-order chi connectivity index (χ1) is 32.5. The molecule has 0 rings (SSSR count). The van der Waals surface area contributed by atoms with Crippen molar-refractivity contribution in [2.45, 2.75) is 277 Å². The van der Waals surface area contributed by atoms with Gasteiger partial charge in [-0.25, -0.2) is 0 Å². The summed E-state index contributed by atoms with van der Waals surface area (Å²) in [7, 11) is 0. The van der Waals surface area contributed by atoms with Crippen LogP contribution in [0.2, 0.25) is 0 Å². The molecule has 0 saturated carbocycles. The van der Waals surface area contributed by atoms with Gasteiger partial charge in [0.25, 0.3) is 0 Å². The minimum Gasteiger partial charge on any atom is -0.462 e. The molecule has 0 fully saturated rings. The van der Waals surface area contributed by atoms with Gasteiger partial charge in [-0.05, 0) is 83.5 Å². The van der Waals surface area contributed by atoms with Crippen LogP contribution in [-0.2, 0) is 28.6 Å². The van der Waals surface area contributed by atoms with Gasteiger partial charge < -0.3 is 14.2 Å². The molecule has 0 N–H and O–H groups in total. The van der Waals surface area contributed by atoms with Crippen LogP contribution in [-0.4, -0.2) is 37.2 Å². The molecule has 0 aromatic carbocycles. The van der Waals surface area contributed by atoms with Gasteiger partial charge in [0, 0.05) is 19.3 Å². The quantitative estimate of drug-likeness (QED) is 0.0262. The van der Waals surface area contributed by atoms with Gasteiger partial charge in [0.1, 0.15) is 13.2 Å². The van der Waals surface area contributed by atoms with Crippen molar-refractivity contribution in [3.8, 4) is 0 Å². The van der Waals surface area contributed by atoms with E-state index in [1.807, 2.05) is 0 Å². The second-order valence-corrected chi connectivity index (χ2v) is 18.5. The zero-order valence-corrected chi connectivity index (χ0v) is 43.4. The molecule has 380 valence electrons. The van der Waals surface area contributed by atoms with Gasteiger partial charge in [0.15, 0.2) is 6.10 Å². The third-order valence-electron chi connectivity index (χ3n) is 11.9. The number of hydrogen-bond acceptors (Lipinski definition) is 6. The molecule has 66 heavy (non-hydrogen) atoms. The zero-order valence-electron chi connectivity index (χ0n) is 43.4. The number of esters is 3. The van der Waals surface area contributed by atoms with Crippen LogP contribution in [0.4, 0.5) is 0 Å². The van der Waals surface area contributed by atoms with Gasteiger partial charge in [0.05, 0.1) is 0 Å². The Bertz CT molecular complexity index is 1240. The maximum atomic E-state index is 12.8. The van der Waals surface area contributed by atoms with Crippen molar-refractivity contribution in [1.82, 2.24) is 0 Å². The average Bonchev–Trinajstić information content (AvgIpc) is 3.31. The van der Waals surface area contributed by atoms with Crippen molar-refractivity contribution in [3.63, 3.8) is 0 Å². The van der Waals surface area contributed by atoms with Crippen molar-refractivity contribution in [2.24, 2.45) is 0 Å². The number of allylic oxidation sites excluding steroid dienone is 12. The number of unbranched alkanes of at least 4 members (excludes halogenated alkanes) is 27. The lowest BCUT2D eigenvalue weighted by Crippen LogP contribution is -2.30. The Labute approximate surface area is 408 Å². The van der Waals surface area contributed by atoms with Crippen LogP contribution in [0.5, 0.6) is 0 Å². The van der Waals surface area contributed by atoms with Crippen LogP contribution in [0.1, 0.15) is 271 Å². The topological polar surface area (TPSA) is 78.9 Å². The van der Waals surface area contributed by atoms with E-state index in [0.29, 0.717) is 19.3 Å². The summed E-state index contributed by atoms with van der Waals surface area (Å²) in [5.41, 5.74) is 0. The third kappa shape index (κ3) is 51.8. The average molecular weight is 921 g/mol. The molecule has 0 aromatic rings. The van der Waals surface area contributed by atoms with Gasteiger partial charge in [0.2, 0.25) is 0 Å². The number of carbonyl (C=O) groups is 3. The van der Waals surface area contributed by atoms with E-state index in [-0.39, 0.29) is 37.5 Å². The molecule has 0 spiro atoms. The maximum Gasteiger partial charge on any atom is 0.306 e. The summed E-state index contributed by atoms with van der Waals surface area (Å²) in [6.07, 6.45) is 69.0. The molecule has 1 atom stereocenters. The first-order valence-corrected chi connectivity index (χ1v) is 27.9. The lowest BCUT2D eigenvalue weighted by atomic mass is 10.0. The lowest BCUT2D eigenvalue weighted by Gasteiger charge is -2.18. The molecule has 0 aliphatic rings.